The largest absolute Gasteiger partial charge is 0.421 e. The molecule has 3 heteroatoms. The summed E-state index contributed by atoms with van der Waals surface area (Å²) < 4.78 is 18.8. The summed E-state index contributed by atoms with van der Waals surface area (Å²) in [7, 11) is 0. The van der Waals surface area contributed by atoms with Crippen LogP contribution in [-0.2, 0) is 0 Å². The highest BCUT2D eigenvalue weighted by molar-refractivity contribution is 5.26. The molecule has 0 bridgehead atoms. The van der Waals surface area contributed by atoms with Crippen molar-refractivity contribution >= 4 is 0 Å². The van der Waals surface area contributed by atoms with Gasteiger partial charge < -0.3 is 14.2 Å². The van der Waals surface area contributed by atoms with E-state index in [1.54, 1.807) is 0 Å². The van der Waals surface area contributed by atoms with Gasteiger partial charge >= 0.3 is 5.97 Å². The molecule has 0 atom stereocenters. The maximum Gasteiger partial charge on any atom is 0.417 e. The molecule has 0 aliphatic carbocycles. The van der Waals surface area contributed by atoms with Gasteiger partial charge in [0.25, 0.3) is 0 Å². The first-order chi connectivity index (χ1) is 12.8. The molecule has 0 aliphatic rings. The SMILES string of the molecule is CCCCC(Oc1ccccc1)(Oc1ccccc1)Oc1ccccc1. The van der Waals surface area contributed by atoms with Gasteiger partial charge in [-0.15, -0.1) is 0 Å². The lowest BCUT2D eigenvalue weighted by molar-refractivity contribution is -0.257. The smallest absolute Gasteiger partial charge is 0.417 e. The van der Waals surface area contributed by atoms with Crippen LogP contribution in [0.15, 0.2) is 91.0 Å². The molecule has 3 aromatic carbocycles. The Kier molecular flexibility index (Phi) is 6.15. The average molecular weight is 348 g/mol. The van der Waals surface area contributed by atoms with Gasteiger partial charge in [-0.25, -0.2) is 0 Å². The first-order valence-corrected chi connectivity index (χ1v) is 9.02. The molecule has 0 heterocycles. The third kappa shape index (κ3) is 5.03. The molecule has 0 fully saturated rings. The second-order valence-electron chi connectivity index (χ2n) is 6.03. The van der Waals surface area contributed by atoms with Crippen LogP contribution in [0, 0.1) is 0 Å². The van der Waals surface area contributed by atoms with Gasteiger partial charge in [0.1, 0.15) is 17.2 Å². The van der Waals surface area contributed by atoms with E-state index in [0.29, 0.717) is 23.7 Å². The Balaban J connectivity index is 1.94. The number of ether oxygens (including phenoxy) is 3. The van der Waals surface area contributed by atoms with Crippen LogP contribution in [-0.4, -0.2) is 5.97 Å². The second-order valence-corrected chi connectivity index (χ2v) is 6.03. The second kappa shape index (κ2) is 8.95. The average Bonchev–Trinajstić information content (AvgIpc) is 2.69. The standard InChI is InChI=1S/C23H24O3/c1-2-3-19-23(24-20-13-7-4-8-14-20,25-21-15-9-5-10-16-21)26-22-17-11-6-12-18-22/h4-18H,2-3,19H2,1H3. The summed E-state index contributed by atoms with van der Waals surface area (Å²) in [4.78, 5) is 0. The molecule has 0 unspecified atom stereocenters. The van der Waals surface area contributed by atoms with Crippen molar-refractivity contribution in [1.29, 1.82) is 0 Å². The molecule has 3 aromatic rings. The van der Waals surface area contributed by atoms with E-state index in [1.807, 2.05) is 91.0 Å². The topological polar surface area (TPSA) is 27.7 Å². The van der Waals surface area contributed by atoms with Gasteiger partial charge in [0.05, 0.1) is 6.42 Å². The number of unbranched alkanes of at least 4 members (excludes halogenated alkanes) is 1. The number of hydrogen-bond donors (Lipinski definition) is 0. The molecule has 3 nitrogen and oxygen atoms in total. The van der Waals surface area contributed by atoms with E-state index in [1.165, 1.54) is 0 Å². The molecule has 0 aromatic heterocycles. The quantitative estimate of drug-likeness (QED) is 0.439. The van der Waals surface area contributed by atoms with Crippen LogP contribution in [0.4, 0.5) is 0 Å². The van der Waals surface area contributed by atoms with Gasteiger partial charge in [-0.05, 0) is 42.8 Å². The molecule has 0 aliphatic heterocycles. The molecular weight excluding hydrogens is 324 g/mol. The highest BCUT2D eigenvalue weighted by Gasteiger charge is 2.38. The van der Waals surface area contributed by atoms with E-state index in [4.69, 9.17) is 14.2 Å². The molecule has 3 rings (SSSR count). The van der Waals surface area contributed by atoms with Gasteiger partial charge in [-0.3, -0.25) is 0 Å². The number of para-hydroxylation sites is 3. The zero-order valence-electron chi connectivity index (χ0n) is 15.0. The van der Waals surface area contributed by atoms with Gasteiger partial charge in [0.15, 0.2) is 0 Å². The fraction of sp³-hybridized carbons (Fsp3) is 0.217. The van der Waals surface area contributed by atoms with Crippen LogP contribution < -0.4 is 14.2 Å². The van der Waals surface area contributed by atoms with Crippen molar-refractivity contribution < 1.29 is 14.2 Å². The van der Waals surface area contributed by atoms with Crippen molar-refractivity contribution in [1.82, 2.24) is 0 Å². The summed E-state index contributed by atoms with van der Waals surface area (Å²) in [6.45, 7) is 2.14. The third-order valence-corrected chi connectivity index (χ3v) is 3.89. The third-order valence-electron chi connectivity index (χ3n) is 3.89. The summed E-state index contributed by atoms with van der Waals surface area (Å²) in [6.07, 6.45) is 2.52. The number of hydrogen-bond acceptors (Lipinski definition) is 3. The van der Waals surface area contributed by atoms with Gasteiger partial charge in [-0.1, -0.05) is 67.9 Å². The van der Waals surface area contributed by atoms with E-state index in [-0.39, 0.29) is 0 Å². The highest BCUT2D eigenvalue weighted by Crippen LogP contribution is 2.30. The Labute approximate surface area is 155 Å². The lowest BCUT2D eigenvalue weighted by Crippen LogP contribution is -2.48. The Bertz CT molecular complexity index is 656. The predicted molar refractivity (Wildman–Crippen MR) is 103 cm³/mol. The minimum Gasteiger partial charge on any atom is -0.421 e. The van der Waals surface area contributed by atoms with E-state index >= 15 is 0 Å². The van der Waals surface area contributed by atoms with Gasteiger partial charge in [-0.2, -0.15) is 0 Å². The number of benzene rings is 3. The Morgan fingerprint density at radius 1 is 0.577 bits per heavy atom. The molecule has 0 spiro atoms. The van der Waals surface area contributed by atoms with Crippen LogP contribution in [0.5, 0.6) is 17.2 Å². The summed E-state index contributed by atoms with van der Waals surface area (Å²) in [6, 6.07) is 28.9. The predicted octanol–water partition coefficient (Wildman–Crippen LogP) is 6.07. The molecule has 134 valence electrons. The van der Waals surface area contributed by atoms with E-state index < -0.39 is 5.97 Å². The van der Waals surface area contributed by atoms with E-state index in [2.05, 4.69) is 6.92 Å². The maximum atomic E-state index is 6.27. The van der Waals surface area contributed by atoms with E-state index in [0.717, 1.165) is 12.8 Å². The van der Waals surface area contributed by atoms with Crippen molar-refractivity contribution in [3.63, 3.8) is 0 Å². The van der Waals surface area contributed by atoms with Crippen molar-refractivity contribution in [3.8, 4) is 17.2 Å². The van der Waals surface area contributed by atoms with Crippen LogP contribution in [0.2, 0.25) is 0 Å². The highest BCUT2D eigenvalue weighted by atomic mass is 16.9. The molecule has 0 saturated heterocycles. The maximum absolute atomic E-state index is 6.27. The number of rotatable bonds is 9. The van der Waals surface area contributed by atoms with Crippen LogP contribution in [0.1, 0.15) is 26.2 Å². The molecule has 0 amide bonds. The fourth-order valence-electron chi connectivity index (χ4n) is 2.61. The molecule has 0 saturated carbocycles. The molecule has 0 N–H and O–H groups in total. The van der Waals surface area contributed by atoms with Crippen molar-refractivity contribution in [2.24, 2.45) is 0 Å². The lowest BCUT2D eigenvalue weighted by atomic mass is 10.2. The summed E-state index contributed by atoms with van der Waals surface area (Å²) in [5.41, 5.74) is 0. The Morgan fingerprint density at radius 2 is 0.923 bits per heavy atom. The Morgan fingerprint density at radius 3 is 1.23 bits per heavy atom. The fourth-order valence-corrected chi connectivity index (χ4v) is 2.61. The first kappa shape index (κ1) is 17.9. The zero-order chi connectivity index (χ0) is 18.1. The first-order valence-electron chi connectivity index (χ1n) is 9.02. The van der Waals surface area contributed by atoms with Crippen molar-refractivity contribution in [2.45, 2.75) is 32.2 Å². The summed E-state index contributed by atoms with van der Waals surface area (Å²) in [5.74, 6) is 0.876. The minimum absolute atomic E-state index is 0.599. The van der Waals surface area contributed by atoms with Crippen LogP contribution in [0.3, 0.4) is 0 Å². The van der Waals surface area contributed by atoms with Crippen molar-refractivity contribution in [3.05, 3.63) is 91.0 Å². The summed E-state index contributed by atoms with van der Waals surface area (Å²) >= 11 is 0. The molecular formula is C23H24O3. The molecule has 0 radical (unpaired) electrons. The normalized spacial score (nSPS) is 11.0. The van der Waals surface area contributed by atoms with Gasteiger partial charge in [0, 0.05) is 0 Å². The zero-order valence-corrected chi connectivity index (χ0v) is 15.0. The Hall–Kier alpha value is -2.94. The van der Waals surface area contributed by atoms with Crippen molar-refractivity contribution in [2.75, 3.05) is 0 Å². The monoisotopic (exact) mass is 348 g/mol. The van der Waals surface area contributed by atoms with Crippen LogP contribution >= 0.6 is 0 Å². The summed E-state index contributed by atoms with van der Waals surface area (Å²) in [5, 5.41) is 0. The van der Waals surface area contributed by atoms with Gasteiger partial charge in [0.2, 0.25) is 0 Å². The van der Waals surface area contributed by atoms with E-state index in [9.17, 15) is 0 Å². The molecule has 26 heavy (non-hydrogen) atoms. The minimum atomic E-state index is -1.24. The lowest BCUT2D eigenvalue weighted by Gasteiger charge is -2.34. The van der Waals surface area contributed by atoms with Crippen LogP contribution in [0.25, 0.3) is 0 Å².